The summed E-state index contributed by atoms with van der Waals surface area (Å²) < 4.78 is 0. The number of benzene rings is 1. The fraction of sp³-hybridized carbons (Fsp3) is 0.400. The van der Waals surface area contributed by atoms with Gasteiger partial charge in [-0.25, -0.2) is 0 Å². The topological polar surface area (TPSA) is 52.0 Å². The average Bonchev–Trinajstić information content (AvgIpc) is 2.04. The highest BCUT2D eigenvalue weighted by atomic mass is 14.6. The van der Waals surface area contributed by atoms with Crippen molar-refractivity contribution in [1.29, 1.82) is 0 Å². The highest BCUT2D eigenvalue weighted by Crippen LogP contribution is 2.28. The Morgan fingerprint density at radius 3 is 3.00 bits per heavy atom. The van der Waals surface area contributed by atoms with E-state index in [2.05, 4.69) is 6.07 Å². The van der Waals surface area contributed by atoms with Crippen LogP contribution in [-0.2, 0) is 6.42 Å². The van der Waals surface area contributed by atoms with Crippen molar-refractivity contribution in [2.45, 2.75) is 25.3 Å². The molecule has 0 spiro atoms. The van der Waals surface area contributed by atoms with Crippen LogP contribution in [0.2, 0.25) is 0 Å². The third-order valence-corrected chi connectivity index (χ3v) is 2.53. The molecule has 0 heterocycles. The van der Waals surface area contributed by atoms with Gasteiger partial charge in [0.1, 0.15) is 0 Å². The number of rotatable bonds is 0. The summed E-state index contributed by atoms with van der Waals surface area (Å²) in [5, 5.41) is 0. The number of anilines is 1. The molecule has 12 heavy (non-hydrogen) atoms. The van der Waals surface area contributed by atoms with Gasteiger partial charge in [0.2, 0.25) is 0 Å². The van der Waals surface area contributed by atoms with Crippen LogP contribution in [0.5, 0.6) is 0 Å². The normalized spacial score (nSPS) is 21.9. The summed E-state index contributed by atoms with van der Waals surface area (Å²) >= 11 is 0. The summed E-state index contributed by atoms with van der Waals surface area (Å²) in [7, 11) is 0. The fourth-order valence-electron chi connectivity index (χ4n) is 1.87. The van der Waals surface area contributed by atoms with Gasteiger partial charge in [-0.1, -0.05) is 6.07 Å². The largest absolute Gasteiger partial charge is 0.399 e. The Labute approximate surface area is 72.6 Å². The third kappa shape index (κ3) is 1.18. The first-order valence-corrected chi connectivity index (χ1v) is 4.41. The summed E-state index contributed by atoms with van der Waals surface area (Å²) in [6.07, 6.45) is 3.43. The van der Waals surface area contributed by atoms with Crippen molar-refractivity contribution in [1.82, 2.24) is 0 Å². The molecule has 0 aliphatic heterocycles. The molecule has 64 valence electrons. The molecule has 0 saturated heterocycles. The quantitative estimate of drug-likeness (QED) is 0.569. The van der Waals surface area contributed by atoms with Gasteiger partial charge in [0.25, 0.3) is 0 Å². The minimum absolute atomic E-state index is 0.231. The van der Waals surface area contributed by atoms with Crippen LogP contribution in [-0.4, -0.2) is 0 Å². The Morgan fingerprint density at radius 2 is 2.17 bits per heavy atom. The number of hydrogen-bond donors (Lipinski definition) is 2. The van der Waals surface area contributed by atoms with Crippen molar-refractivity contribution >= 4 is 5.69 Å². The zero-order chi connectivity index (χ0) is 8.55. The first-order chi connectivity index (χ1) is 5.77. The van der Waals surface area contributed by atoms with Gasteiger partial charge in [0.15, 0.2) is 0 Å². The monoisotopic (exact) mass is 162 g/mol. The van der Waals surface area contributed by atoms with Crippen LogP contribution in [0.25, 0.3) is 0 Å². The van der Waals surface area contributed by atoms with E-state index >= 15 is 0 Å². The van der Waals surface area contributed by atoms with E-state index in [4.69, 9.17) is 11.5 Å². The zero-order valence-electron chi connectivity index (χ0n) is 7.09. The predicted molar refractivity (Wildman–Crippen MR) is 50.7 cm³/mol. The molecule has 0 amide bonds. The molecule has 2 heteroatoms. The summed E-state index contributed by atoms with van der Waals surface area (Å²) in [6.45, 7) is 0. The van der Waals surface area contributed by atoms with E-state index in [-0.39, 0.29) is 6.04 Å². The van der Waals surface area contributed by atoms with Gasteiger partial charge in [0.05, 0.1) is 0 Å². The SMILES string of the molecule is Nc1ccc2c(c1)CCC[C@@H]2N. The van der Waals surface area contributed by atoms with Gasteiger partial charge in [-0.05, 0) is 42.5 Å². The molecule has 4 N–H and O–H groups in total. The van der Waals surface area contributed by atoms with E-state index in [9.17, 15) is 0 Å². The molecule has 1 aliphatic rings. The summed E-state index contributed by atoms with van der Waals surface area (Å²) in [5.41, 5.74) is 15.1. The lowest BCUT2D eigenvalue weighted by Gasteiger charge is -2.22. The van der Waals surface area contributed by atoms with Crippen LogP contribution in [0.15, 0.2) is 18.2 Å². The van der Waals surface area contributed by atoms with Crippen LogP contribution in [0.1, 0.15) is 30.0 Å². The Balaban J connectivity index is 2.46. The van der Waals surface area contributed by atoms with E-state index < -0.39 is 0 Å². The maximum atomic E-state index is 5.96. The zero-order valence-corrected chi connectivity index (χ0v) is 7.09. The Kier molecular flexibility index (Phi) is 1.77. The molecule has 0 aromatic heterocycles. The second-order valence-electron chi connectivity index (χ2n) is 3.46. The van der Waals surface area contributed by atoms with Crippen molar-refractivity contribution < 1.29 is 0 Å². The van der Waals surface area contributed by atoms with Crippen molar-refractivity contribution in [2.75, 3.05) is 5.73 Å². The number of aryl methyl sites for hydroxylation is 1. The molecule has 1 aliphatic carbocycles. The average molecular weight is 162 g/mol. The van der Waals surface area contributed by atoms with Gasteiger partial charge in [-0.3, -0.25) is 0 Å². The maximum absolute atomic E-state index is 5.96. The molecular formula is C10H14N2. The Morgan fingerprint density at radius 1 is 1.33 bits per heavy atom. The minimum Gasteiger partial charge on any atom is -0.399 e. The molecule has 0 fully saturated rings. The van der Waals surface area contributed by atoms with E-state index in [1.807, 2.05) is 12.1 Å². The molecule has 0 unspecified atom stereocenters. The number of fused-ring (bicyclic) bond motifs is 1. The molecular weight excluding hydrogens is 148 g/mol. The van der Waals surface area contributed by atoms with E-state index in [1.165, 1.54) is 17.5 Å². The fourth-order valence-corrected chi connectivity index (χ4v) is 1.87. The Hall–Kier alpha value is -1.02. The lowest BCUT2D eigenvalue weighted by molar-refractivity contribution is 0.571. The van der Waals surface area contributed by atoms with Crippen molar-refractivity contribution in [3.63, 3.8) is 0 Å². The molecule has 1 aromatic carbocycles. The first-order valence-electron chi connectivity index (χ1n) is 4.41. The van der Waals surface area contributed by atoms with Gasteiger partial charge >= 0.3 is 0 Å². The van der Waals surface area contributed by atoms with Gasteiger partial charge < -0.3 is 11.5 Å². The summed E-state index contributed by atoms with van der Waals surface area (Å²) in [5.74, 6) is 0. The highest BCUT2D eigenvalue weighted by molar-refractivity contribution is 5.46. The van der Waals surface area contributed by atoms with Crippen LogP contribution < -0.4 is 11.5 Å². The second kappa shape index (κ2) is 2.79. The van der Waals surface area contributed by atoms with Crippen LogP contribution in [0, 0.1) is 0 Å². The minimum atomic E-state index is 0.231. The molecule has 1 aromatic rings. The first kappa shape index (κ1) is 7.62. The predicted octanol–water partition coefficient (Wildman–Crippen LogP) is 1.60. The molecule has 0 bridgehead atoms. The lowest BCUT2D eigenvalue weighted by atomic mass is 9.88. The standard InChI is InChI=1S/C10H14N2/c11-8-4-5-9-7(6-8)2-1-3-10(9)12/h4-6,10H,1-3,11-12H2/t10-/m0/s1. The number of hydrogen-bond acceptors (Lipinski definition) is 2. The van der Waals surface area contributed by atoms with E-state index in [0.29, 0.717) is 0 Å². The smallest absolute Gasteiger partial charge is 0.0316 e. The van der Waals surface area contributed by atoms with Gasteiger partial charge in [-0.15, -0.1) is 0 Å². The Bertz CT molecular complexity index is 294. The number of nitrogen functional groups attached to an aromatic ring is 1. The molecule has 2 rings (SSSR count). The summed E-state index contributed by atoms with van der Waals surface area (Å²) in [4.78, 5) is 0. The van der Waals surface area contributed by atoms with E-state index in [0.717, 1.165) is 18.5 Å². The lowest BCUT2D eigenvalue weighted by Crippen LogP contribution is -2.17. The maximum Gasteiger partial charge on any atom is 0.0316 e. The van der Waals surface area contributed by atoms with Gasteiger partial charge in [-0.2, -0.15) is 0 Å². The van der Waals surface area contributed by atoms with Crippen LogP contribution >= 0.6 is 0 Å². The second-order valence-corrected chi connectivity index (χ2v) is 3.46. The van der Waals surface area contributed by atoms with Crippen molar-refractivity contribution in [3.05, 3.63) is 29.3 Å². The van der Waals surface area contributed by atoms with E-state index in [1.54, 1.807) is 0 Å². The third-order valence-electron chi connectivity index (χ3n) is 2.53. The molecule has 2 nitrogen and oxygen atoms in total. The molecule has 1 atom stereocenters. The van der Waals surface area contributed by atoms with Crippen molar-refractivity contribution in [3.8, 4) is 0 Å². The van der Waals surface area contributed by atoms with Gasteiger partial charge in [0, 0.05) is 11.7 Å². The van der Waals surface area contributed by atoms with Crippen LogP contribution in [0.4, 0.5) is 5.69 Å². The highest BCUT2D eigenvalue weighted by Gasteiger charge is 2.15. The molecule has 0 radical (unpaired) electrons. The number of nitrogens with two attached hydrogens (primary N) is 2. The summed E-state index contributed by atoms with van der Waals surface area (Å²) in [6, 6.07) is 6.28. The van der Waals surface area contributed by atoms with Crippen molar-refractivity contribution in [2.24, 2.45) is 5.73 Å². The van der Waals surface area contributed by atoms with Crippen LogP contribution in [0.3, 0.4) is 0 Å². The molecule has 0 saturated carbocycles.